The summed E-state index contributed by atoms with van der Waals surface area (Å²) in [5, 5.41) is 5.40. The van der Waals surface area contributed by atoms with E-state index < -0.39 is 6.10 Å². The number of anilines is 1. The minimum absolute atomic E-state index is 0.251. The maximum atomic E-state index is 12.6. The molecule has 0 spiro atoms. The van der Waals surface area contributed by atoms with E-state index in [2.05, 4.69) is 15.2 Å². The zero-order chi connectivity index (χ0) is 17.9. The van der Waals surface area contributed by atoms with Crippen LogP contribution in [0.5, 0.6) is 11.5 Å². The number of carbonyl (C=O) groups excluding carboxylic acids is 1. The van der Waals surface area contributed by atoms with E-state index in [0.717, 1.165) is 38.5 Å². The Hall–Kier alpha value is -2.16. The van der Waals surface area contributed by atoms with Gasteiger partial charge in [-0.15, -0.1) is 11.3 Å². The molecule has 0 bridgehead atoms. The molecule has 2 aliphatic heterocycles. The number of carbonyl (C=O) groups is 1. The number of nitrogens with one attached hydrogen (secondary N) is 1. The van der Waals surface area contributed by atoms with E-state index in [4.69, 9.17) is 14.2 Å². The highest BCUT2D eigenvalue weighted by molar-refractivity contribution is 7.13. The molecule has 0 aliphatic carbocycles. The molecular formula is C18H21N3O4S. The van der Waals surface area contributed by atoms with Gasteiger partial charge in [-0.3, -0.25) is 15.0 Å². The highest BCUT2D eigenvalue weighted by Crippen LogP contribution is 2.33. The van der Waals surface area contributed by atoms with Crippen molar-refractivity contribution in [2.75, 3.05) is 31.6 Å². The number of morpholine rings is 1. The van der Waals surface area contributed by atoms with Gasteiger partial charge in [0.05, 0.1) is 18.9 Å². The molecule has 0 saturated carbocycles. The number of nitrogens with zero attached hydrogens (tertiary/aromatic N) is 2. The summed E-state index contributed by atoms with van der Waals surface area (Å²) in [6.45, 7) is 5.92. The van der Waals surface area contributed by atoms with Crippen LogP contribution in [0.4, 0.5) is 5.13 Å². The molecule has 3 heterocycles. The van der Waals surface area contributed by atoms with E-state index >= 15 is 0 Å². The van der Waals surface area contributed by atoms with E-state index in [1.54, 1.807) is 6.07 Å². The second-order valence-electron chi connectivity index (χ2n) is 6.33. The fourth-order valence-electron chi connectivity index (χ4n) is 3.01. The van der Waals surface area contributed by atoms with E-state index in [0.29, 0.717) is 16.6 Å². The van der Waals surface area contributed by atoms with Crippen molar-refractivity contribution in [3.8, 4) is 11.5 Å². The normalized spacial score (nSPS) is 22.8. The van der Waals surface area contributed by atoms with Gasteiger partial charge in [0.1, 0.15) is 6.10 Å². The number of hydrogen-bond acceptors (Lipinski definition) is 7. The molecule has 8 heteroatoms. The van der Waals surface area contributed by atoms with Crippen LogP contribution in [-0.2, 0) is 16.1 Å². The molecular weight excluding hydrogens is 354 g/mol. The lowest BCUT2D eigenvalue weighted by molar-refractivity contribution is -0.128. The molecule has 7 nitrogen and oxygen atoms in total. The van der Waals surface area contributed by atoms with Gasteiger partial charge in [-0.1, -0.05) is 12.1 Å². The van der Waals surface area contributed by atoms with E-state index in [1.807, 2.05) is 30.5 Å². The van der Waals surface area contributed by atoms with Gasteiger partial charge in [0, 0.05) is 25.0 Å². The molecule has 2 aromatic rings. The Morgan fingerprint density at radius 2 is 2.00 bits per heavy atom. The van der Waals surface area contributed by atoms with E-state index in [1.165, 1.54) is 11.3 Å². The predicted molar refractivity (Wildman–Crippen MR) is 97.8 cm³/mol. The van der Waals surface area contributed by atoms with E-state index in [9.17, 15) is 4.79 Å². The number of aromatic nitrogens is 1. The zero-order valence-electron chi connectivity index (χ0n) is 14.5. The van der Waals surface area contributed by atoms with Crippen molar-refractivity contribution in [3.05, 3.63) is 35.3 Å². The van der Waals surface area contributed by atoms with Crippen molar-refractivity contribution in [2.24, 2.45) is 0 Å². The quantitative estimate of drug-likeness (QED) is 0.883. The number of ether oxygens (including phenoxy) is 3. The van der Waals surface area contributed by atoms with Crippen molar-refractivity contribution < 1.29 is 19.0 Å². The van der Waals surface area contributed by atoms with Crippen molar-refractivity contribution in [1.82, 2.24) is 9.88 Å². The maximum absolute atomic E-state index is 12.6. The van der Waals surface area contributed by atoms with Gasteiger partial charge in [-0.2, -0.15) is 0 Å². The molecule has 138 valence electrons. The summed E-state index contributed by atoms with van der Waals surface area (Å²) in [6.07, 6.45) is -1.09. The number of fused-ring (bicyclic) bond motifs is 1. The van der Waals surface area contributed by atoms with Gasteiger partial charge < -0.3 is 14.2 Å². The second kappa shape index (κ2) is 7.61. The lowest BCUT2D eigenvalue weighted by Crippen LogP contribution is -2.46. The molecule has 2 atom stereocenters. The largest absolute Gasteiger partial charge is 0.482 e. The average Bonchev–Trinajstić information content (AvgIpc) is 3.08. The maximum Gasteiger partial charge on any atom is 0.271 e. The molecule has 0 radical (unpaired) electrons. The molecule has 1 N–H and O–H groups in total. The number of amides is 1. The van der Waals surface area contributed by atoms with Crippen molar-refractivity contribution >= 4 is 22.4 Å². The molecule has 2 unspecified atom stereocenters. The standard InChI is InChI=1S/C18H21N3O4S/c1-12-16(25-15-5-3-2-4-14(15)24-12)17(22)20-18-19-13(11-26-18)10-21-6-8-23-9-7-21/h2-5,11-12,16H,6-10H2,1H3,(H,19,20,22). The van der Waals surface area contributed by atoms with Crippen LogP contribution >= 0.6 is 11.3 Å². The predicted octanol–water partition coefficient (Wildman–Crippen LogP) is 2.14. The van der Waals surface area contributed by atoms with Crippen LogP contribution in [0, 0.1) is 0 Å². The van der Waals surface area contributed by atoms with Crippen LogP contribution in [0.15, 0.2) is 29.6 Å². The summed E-state index contributed by atoms with van der Waals surface area (Å²) in [4.78, 5) is 19.4. The first kappa shape index (κ1) is 17.3. The van der Waals surface area contributed by atoms with Gasteiger partial charge in [0.2, 0.25) is 6.10 Å². The molecule has 26 heavy (non-hydrogen) atoms. The third-order valence-corrected chi connectivity index (χ3v) is 5.18. The first-order valence-electron chi connectivity index (χ1n) is 8.67. The average molecular weight is 375 g/mol. The summed E-state index contributed by atoms with van der Waals surface area (Å²) in [5.41, 5.74) is 0.950. The fraction of sp³-hybridized carbons (Fsp3) is 0.444. The summed E-state index contributed by atoms with van der Waals surface area (Å²) < 4.78 is 17.0. The van der Waals surface area contributed by atoms with Crippen molar-refractivity contribution in [2.45, 2.75) is 25.7 Å². The van der Waals surface area contributed by atoms with Gasteiger partial charge in [-0.05, 0) is 19.1 Å². The SMILES string of the molecule is CC1Oc2ccccc2OC1C(=O)Nc1nc(CN2CCOCC2)cs1. The van der Waals surface area contributed by atoms with Crippen LogP contribution in [0.2, 0.25) is 0 Å². The Balaban J connectivity index is 1.37. The number of thiazole rings is 1. The third-order valence-electron chi connectivity index (χ3n) is 4.37. The summed E-state index contributed by atoms with van der Waals surface area (Å²) in [6, 6.07) is 7.36. The fourth-order valence-corrected chi connectivity index (χ4v) is 3.71. The Bertz CT molecular complexity index is 775. The topological polar surface area (TPSA) is 72.9 Å². The number of rotatable bonds is 4. The van der Waals surface area contributed by atoms with Crippen LogP contribution < -0.4 is 14.8 Å². The Labute approximate surface area is 155 Å². The zero-order valence-corrected chi connectivity index (χ0v) is 15.3. The number of hydrogen-bond donors (Lipinski definition) is 1. The van der Waals surface area contributed by atoms with Gasteiger partial charge >= 0.3 is 0 Å². The highest BCUT2D eigenvalue weighted by atomic mass is 32.1. The molecule has 1 aromatic heterocycles. The lowest BCUT2D eigenvalue weighted by atomic mass is 10.1. The third kappa shape index (κ3) is 3.82. The molecule has 1 saturated heterocycles. The highest BCUT2D eigenvalue weighted by Gasteiger charge is 2.34. The minimum Gasteiger partial charge on any atom is -0.482 e. The van der Waals surface area contributed by atoms with Crippen molar-refractivity contribution in [3.63, 3.8) is 0 Å². The van der Waals surface area contributed by atoms with Crippen LogP contribution in [-0.4, -0.2) is 54.3 Å². The second-order valence-corrected chi connectivity index (χ2v) is 7.19. The van der Waals surface area contributed by atoms with Crippen LogP contribution in [0.3, 0.4) is 0 Å². The number of para-hydroxylation sites is 2. The molecule has 2 aliphatic rings. The number of benzene rings is 1. The van der Waals surface area contributed by atoms with Gasteiger partial charge in [-0.25, -0.2) is 4.98 Å². The molecule has 1 amide bonds. The minimum atomic E-state index is -0.712. The Kier molecular flexibility index (Phi) is 5.05. The molecule has 4 rings (SSSR count). The first-order chi connectivity index (χ1) is 12.7. The summed E-state index contributed by atoms with van der Waals surface area (Å²) >= 11 is 1.42. The van der Waals surface area contributed by atoms with Crippen LogP contribution in [0.1, 0.15) is 12.6 Å². The van der Waals surface area contributed by atoms with Gasteiger partial charge in [0.25, 0.3) is 5.91 Å². The van der Waals surface area contributed by atoms with Gasteiger partial charge in [0.15, 0.2) is 16.6 Å². The summed E-state index contributed by atoms with van der Waals surface area (Å²) in [7, 11) is 0. The Morgan fingerprint density at radius 3 is 2.77 bits per heavy atom. The lowest BCUT2D eigenvalue weighted by Gasteiger charge is -2.30. The monoisotopic (exact) mass is 375 g/mol. The smallest absolute Gasteiger partial charge is 0.271 e. The Morgan fingerprint density at radius 1 is 1.27 bits per heavy atom. The van der Waals surface area contributed by atoms with Crippen molar-refractivity contribution in [1.29, 1.82) is 0 Å². The molecule has 1 fully saturated rings. The molecule has 1 aromatic carbocycles. The summed E-state index contributed by atoms with van der Waals surface area (Å²) in [5.74, 6) is 0.989. The van der Waals surface area contributed by atoms with E-state index in [-0.39, 0.29) is 12.0 Å². The first-order valence-corrected chi connectivity index (χ1v) is 9.55. The van der Waals surface area contributed by atoms with Crippen LogP contribution in [0.25, 0.3) is 0 Å².